The van der Waals surface area contributed by atoms with Crippen molar-refractivity contribution in [1.29, 1.82) is 0 Å². The van der Waals surface area contributed by atoms with Crippen molar-refractivity contribution in [1.82, 2.24) is 9.56 Å². The van der Waals surface area contributed by atoms with E-state index in [1.54, 1.807) is 0 Å². The molecule has 4 nitrogen and oxygen atoms in total. The van der Waals surface area contributed by atoms with Gasteiger partial charge in [0, 0.05) is 56.5 Å². The average Bonchev–Trinajstić information content (AvgIpc) is 3.53. The van der Waals surface area contributed by atoms with Gasteiger partial charge in [0.1, 0.15) is 13.1 Å². The van der Waals surface area contributed by atoms with E-state index >= 15 is 0 Å². The second-order valence-electron chi connectivity index (χ2n) is 8.76. The highest BCUT2D eigenvalue weighted by Gasteiger charge is 2.23. The van der Waals surface area contributed by atoms with E-state index in [0.29, 0.717) is 0 Å². The molecule has 0 spiro atoms. The zero-order valence-electron chi connectivity index (χ0n) is 17.1. The van der Waals surface area contributed by atoms with Crippen molar-refractivity contribution in [2.24, 2.45) is 0 Å². The smallest absolute Gasteiger partial charge is 0.229 e. The van der Waals surface area contributed by atoms with Crippen LogP contribution in [0.1, 0.15) is 38.5 Å². The number of benzene rings is 2. The summed E-state index contributed by atoms with van der Waals surface area (Å²) in [5, 5.41) is 1.35. The minimum Gasteiger partial charge on any atom is -0.371 e. The second-order valence-corrected chi connectivity index (χ2v) is 9.84. The number of rotatable bonds is 2. The maximum absolute atomic E-state index is 5.19. The number of fused-ring (bicyclic) bond motifs is 2. The van der Waals surface area contributed by atoms with Gasteiger partial charge in [0.2, 0.25) is 5.36 Å². The third-order valence-electron chi connectivity index (χ3n) is 6.82. The van der Waals surface area contributed by atoms with Crippen LogP contribution in [0.4, 0.5) is 11.4 Å². The van der Waals surface area contributed by atoms with Crippen LogP contribution in [0, 0.1) is 0 Å². The van der Waals surface area contributed by atoms with E-state index in [9.17, 15) is 0 Å². The van der Waals surface area contributed by atoms with E-state index in [2.05, 4.69) is 44.7 Å². The molecule has 0 radical (unpaired) electrons. The van der Waals surface area contributed by atoms with Crippen molar-refractivity contribution in [2.75, 3.05) is 49.1 Å². The Morgan fingerprint density at radius 3 is 2.17 bits per heavy atom. The molecule has 6 rings (SSSR count). The van der Waals surface area contributed by atoms with Gasteiger partial charge in [-0.25, -0.2) is 9.56 Å². The normalized spacial score (nSPS) is 19.9. The second kappa shape index (κ2) is 7.28. The standard InChI is InChI=1S/C24H29N4S/c1-2-10-26(9-1)18-7-8-20-22(16-18)29-23-17-19(27-11-3-4-12-27)15-21(24(23)25-20)28-13-5-6-14-28/h7-8,15-17H,1-6,9-14H2/q+1. The zero-order valence-corrected chi connectivity index (χ0v) is 17.9. The summed E-state index contributed by atoms with van der Waals surface area (Å²) in [6.45, 7) is 7.09. The summed E-state index contributed by atoms with van der Waals surface area (Å²) in [6.07, 6.45) is 7.86. The number of hydrogen-bond donors (Lipinski definition) is 0. The fourth-order valence-electron chi connectivity index (χ4n) is 5.21. The maximum atomic E-state index is 5.19. The molecule has 150 valence electrons. The summed E-state index contributed by atoms with van der Waals surface area (Å²) in [7, 11) is 0. The first-order chi connectivity index (χ1) is 14.3. The molecule has 3 fully saturated rings. The molecule has 5 heteroatoms. The monoisotopic (exact) mass is 405 g/mol. The maximum Gasteiger partial charge on any atom is 0.229 e. The first kappa shape index (κ1) is 17.7. The van der Waals surface area contributed by atoms with Gasteiger partial charge >= 0.3 is 0 Å². The minimum absolute atomic E-state index is 1.14. The zero-order chi connectivity index (χ0) is 19.2. The molecule has 1 aromatic carbocycles. The Balaban J connectivity index is 1.56. The molecule has 0 saturated carbocycles. The van der Waals surface area contributed by atoms with Crippen LogP contribution in [0.5, 0.6) is 0 Å². The molecule has 0 bridgehead atoms. The molecular weight excluding hydrogens is 376 g/mol. The Hall–Kier alpha value is -2.14. The summed E-state index contributed by atoms with van der Waals surface area (Å²) in [4.78, 5) is 11.6. The van der Waals surface area contributed by atoms with Crippen LogP contribution in [0.2, 0.25) is 0 Å². The van der Waals surface area contributed by atoms with Gasteiger partial charge in [0.15, 0.2) is 5.69 Å². The SMILES string of the molecule is c1cc2nc3c(=[N+]4CCCC4)cc(N4CCCC4)cc-3sc2cc1N1CCCC1. The Morgan fingerprint density at radius 2 is 1.45 bits per heavy atom. The van der Waals surface area contributed by atoms with Crippen LogP contribution in [-0.2, 0) is 0 Å². The lowest BCUT2D eigenvalue weighted by molar-refractivity contribution is 0.693. The van der Waals surface area contributed by atoms with E-state index in [0.717, 1.165) is 18.6 Å². The van der Waals surface area contributed by atoms with E-state index < -0.39 is 0 Å². The van der Waals surface area contributed by atoms with Gasteiger partial charge in [-0.05, 0) is 49.9 Å². The van der Waals surface area contributed by atoms with E-state index in [-0.39, 0.29) is 0 Å². The molecule has 4 aliphatic heterocycles. The van der Waals surface area contributed by atoms with Gasteiger partial charge in [0.05, 0.1) is 15.1 Å². The molecule has 0 aromatic heterocycles. The van der Waals surface area contributed by atoms with Crippen molar-refractivity contribution >= 4 is 32.9 Å². The predicted octanol–water partition coefficient (Wildman–Crippen LogP) is 4.17. The van der Waals surface area contributed by atoms with E-state index in [1.165, 1.54) is 96.7 Å². The van der Waals surface area contributed by atoms with E-state index in [1.807, 2.05) is 11.3 Å². The average molecular weight is 406 g/mol. The third-order valence-corrected chi connectivity index (χ3v) is 7.90. The Kier molecular flexibility index (Phi) is 4.44. The Labute approximate surface area is 176 Å². The summed E-state index contributed by atoms with van der Waals surface area (Å²) in [5.41, 5.74) is 5.09. The Bertz CT molecular complexity index is 1080. The van der Waals surface area contributed by atoms with Crippen molar-refractivity contribution in [2.45, 2.75) is 38.5 Å². The molecule has 4 heterocycles. The number of aromatic nitrogens is 1. The highest BCUT2D eigenvalue weighted by Crippen LogP contribution is 2.34. The van der Waals surface area contributed by atoms with E-state index in [4.69, 9.17) is 4.98 Å². The molecule has 0 atom stereocenters. The molecule has 1 aliphatic carbocycles. The lowest BCUT2D eigenvalue weighted by Crippen LogP contribution is -2.31. The van der Waals surface area contributed by atoms with Crippen LogP contribution in [0.25, 0.3) is 20.8 Å². The molecule has 1 aromatic rings. The quantitative estimate of drug-likeness (QED) is 0.472. The Morgan fingerprint density at radius 1 is 0.759 bits per heavy atom. The van der Waals surface area contributed by atoms with Crippen molar-refractivity contribution in [3.05, 3.63) is 35.7 Å². The number of anilines is 2. The highest BCUT2D eigenvalue weighted by atomic mass is 32.1. The van der Waals surface area contributed by atoms with Crippen molar-refractivity contribution in [3.63, 3.8) is 0 Å². The molecule has 5 aliphatic rings. The third kappa shape index (κ3) is 3.20. The molecule has 0 unspecified atom stereocenters. The minimum atomic E-state index is 1.14. The summed E-state index contributed by atoms with van der Waals surface area (Å²) < 4.78 is 3.87. The molecular formula is C24H29N4S+. The summed E-state index contributed by atoms with van der Waals surface area (Å²) >= 11 is 1.93. The van der Waals surface area contributed by atoms with Crippen molar-refractivity contribution in [3.8, 4) is 10.6 Å². The van der Waals surface area contributed by atoms with Crippen molar-refractivity contribution < 1.29 is 0 Å². The lowest BCUT2D eigenvalue weighted by atomic mass is 10.2. The van der Waals surface area contributed by atoms with Gasteiger partial charge < -0.3 is 9.80 Å². The lowest BCUT2D eigenvalue weighted by Gasteiger charge is -2.20. The fourth-order valence-corrected chi connectivity index (χ4v) is 6.28. The molecule has 3 saturated heterocycles. The largest absolute Gasteiger partial charge is 0.371 e. The first-order valence-electron chi connectivity index (χ1n) is 11.3. The molecule has 29 heavy (non-hydrogen) atoms. The summed E-state index contributed by atoms with van der Waals surface area (Å²) in [6, 6.07) is 11.7. The number of nitrogens with zero attached hydrogens (tertiary/aromatic N) is 4. The van der Waals surface area contributed by atoms with Crippen LogP contribution >= 0.6 is 11.3 Å². The van der Waals surface area contributed by atoms with Crippen LogP contribution in [0.15, 0.2) is 30.3 Å². The van der Waals surface area contributed by atoms with Crippen LogP contribution in [0.3, 0.4) is 0 Å². The predicted molar refractivity (Wildman–Crippen MR) is 123 cm³/mol. The van der Waals surface area contributed by atoms with Crippen LogP contribution in [-0.4, -0.2) is 44.3 Å². The highest BCUT2D eigenvalue weighted by molar-refractivity contribution is 7.21. The van der Waals surface area contributed by atoms with Gasteiger partial charge in [-0.2, -0.15) is 0 Å². The van der Waals surface area contributed by atoms with Crippen LogP contribution < -0.4 is 19.7 Å². The molecule has 0 amide bonds. The topological polar surface area (TPSA) is 22.4 Å². The number of hydrogen-bond acceptors (Lipinski definition) is 4. The van der Waals surface area contributed by atoms with Gasteiger partial charge in [-0.1, -0.05) is 0 Å². The van der Waals surface area contributed by atoms with Gasteiger partial charge in [-0.3, -0.25) is 0 Å². The molecule has 0 N–H and O–H groups in total. The van der Waals surface area contributed by atoms with Gasteiger partial charge in [-0.15, -0.1) is 11.3 Å². The fraction of sp³-hybridized carbons (Fsp3) is 0.500. The van der Waals surface area contributed by atoms with Gasteiger partial charge in [0.25, 0.3) is 0 Å². The first-order valence-corrected chi connectivity index (χ1v) is 12.1. The summed E-state index contributed by atoms with van der Waals surface area (Å²) in [5.74, 6) is 0.